The number of rotatable bonds is 5. The Morgan fingerprint density at radius 2 is 2.09 bits per heavy atom. The highest BCUT2D eigenvalue weighted by molar-refractivity contribution is 7.92. The Balaban J connectivity index is 1.71. The third-order valence-electron chi connectivity index (χ3n) is 3.79. The van der Waals surface area contributed by atoms with Crippen molar-refractivity contribution in [2.75, 3.05) is 11.6 Å². The molecule has 1 aliphatic rings. The van der Waals surface area contributed by atoms with E-state index in [-0.39, 0.29) is 0 Å². The smallest absolute Gasteiger partial charge is 0.184 e. The first kappa shape index (κ1) is 15.4. The predicted molar refractivity (Wildman–Crippen MR) is 88.1 cm³/mol. The van der Waals surface area contributed by atoms with Gasteiger partial charge in [-0.3, -0.25) is 0 Å². The molecule has 0 atom stereocenters. The lowest BCUT2D eigenvalue weighted by atomic mass is 9.85. The maximum atomic E-state index is 11.5. The summed E-state index contributed by atoms with van der Waals surface area (Å²) in [5.74, 6) is 2.24. The summed E-state index contributed by atoms with van der Waals surface area (Å²) in [5.41, 5.74) is 0.961. The minimum atomic E-state index is -3.12. The van der Waals surface area contributed by atoms with Crippen LogP contribution >= 0.6 is 11.3 Å². The summed E-state index contributed by atoms with van der Waals surface area (Å²) in [6, 6.07) is 5.42. The van der Waals surface area contributed by atoms with Crippen molar-refractivity contribution in [1.29, 1.82) is 0 Å². The number of nitrogens with one attached hydrogen (secondary N) is 1. The second-order valence-corrected chi connectivity index (χ2v) is 9.14. The van der Waals surface area contributed by atoms with Crippen LogP contribution in [0.2, 0.25) is 0 Å². The van der Waals surface area contributed by atoms with Crippen molar-refractivity contribution in [3.05, 3.63) is 34.6 Å². The second-order valence-electron chi connectivity index (χ2n) is 5.73. The minimum Gasteiger partial charge on any atom is -0.365 e. The number of aromatic nitrogens is 2. The zero-order valence-corrected chi connectivity index (χ0v) is 14.3. The van der Waals surface area contributed by atoms with Crippen LogP contribution in [0.1, 0.15) is 41.6 Å². The molecule has 0 aromatic carbocycles. The number of hydrogen-bond acceptors (Lipinski definition) is 6. The highest BCUT2D eigenvalue weighted by Crippen LogP contribution is 2.34. The third-order valence-corrected chi connectivity index (χ3v) is 6.69. The van der Waals surface area contributed by atoms with Gasteiger partial charge in [0, 0.05) is 28.8 Å². The van der Waals surface area contributed by atoms with E-state index < -0.39 is 9.84 Å². The van der Waals surface area contributed by atoms with E-state index in [0.717, 1.165) is 22.2 Å². The second kappa shape index (κ2) is 5.96. The van der Waals surface area contributed by atoms with E-state index in [1.165, 1.54) is 36.9 Å². The fourth-order valence-electron chi connectivity index (χ4n) is 2.36. The van der Waals surface area contributed by atoms with Gasteiger partial charge in [0.2, 0.25) is 0 Å². The number of aryl methyl sites for hydroxylation is 1. The van der Waals surface area contributed by atoms with E-state index in [9.17, 15) is 8.42 Å². The van der Waals surface area contributed by atoms with Gasteiger partial charge in [-0.05, 0) is 31.9 Å². The molecule has 0 amide bonds. The maximum absolute atomic E-state index is 11.5. The lowest BCUT2D eigenvalue weighted by Crippen LogP contribution is -2.14. The quantitative estimate of drug-likeness (QED) is 0.907. The van der Waals surface area contributed by atoms with Crippen LogP contribution in [-0.2, 0) is 16.4 Å². The molecule has 0 bridgehead atoms. The molecule has 2 heterocycles. The van der Waals surface area contributed by atoms with Crippen molar-refractivity contribution < 1.29 is 8.42 Å². The first-order valence-electron chi connectivity index (χ1n) is 7.30. The van der Waals surface area contributed by atoms with E-state index >= 15 is 0 Å². The molecule has 7 heteroatoms. The molecular weight excluding hydrogens is 318 g/mol. The predicted octanol–water partition coefficient (Wildman–Crippen LogP) is 3.13. The van der Waals surface area contributed by atoms with Crippen molar-refractivity contribution in [2.24, 2.45) is 0 Å². The topological polar surface area (TPSA) is 72.0 Å². The molecule has 2 aromatic heterocycles. The first-order valence-corrected chi connectivity index (χ1v) is 10.0. The number of nitrogens with zero attached hydrogens (tertiary/aromatic N) is 2. The summed E-state index contributed by atoms with van der Waals surface area (Å²) in [4.78, 5) is 10.1. The van der Waals surface area contributed by atoms with Crippen LogP contribution in [0.5, 0.6) is 0 Å². The highest BCUT2D eigenvalue weighted by atomic mass is 32.2. The highest BCUT2D eigenvalue weighted by Gasteiger charge is 2.22. The molecule has 0 unspecified atom stereocenters. The van der Waals surface area contributed by atoms with Crippen LogP contribution in [0.15, 0.2) is 22.4 Å². The van der Waals surface area contributed by atoms with Gasteiger partial charge in [-0.1, -0.05) is 6.42 Å². The summed E-state index contributed by atoms with van der Waals surface area (Å²) in [6.45, 7) is 2.54. The molecule has 0 radical (unpaired) electrons. The van der Waals surface area contributed by atoms with Crippen molar-refractivity contribution in [2.45, 2.75) is 42.9 Å². The summed E-state index contributed by atoms with van der Waals surface area (Å²) in [6.07, 6.45) is 4.83. The molecular formula is C15H19N3O2S2. The van der Waals surface area contributed by atoms with Crippen LogP contribution in [0.3, 0.4) is 0 Å². The molecule has 1 fully saturated rings. The Kier molecular flexibility index (Phi) is 4.18. The van der Waals surface area contributed by atoms with Gasteiger partial charge in [0.1, 0.15) is 15.9 Å². The van der Waals surface area contributed by atoms with Crippen molar-refractivity contribution in [3.63, 3.8) is 0 Å². The lowest BCUT2D eigenvalue weighted by Gasteiger charge is -2.24. The Morgan fingerprint density at radius 1 is 1.32 bits per heavy atom. The van der Waals surface area contributed by atoms with Gasteiger partial charge in [0.15, 0.2) is 9.84 Å². The summed E-state index contributed by atoms with van der Waals surface area (Å²) >= 11 is 1.30. The summed E-state index contributed by atoms with van der Waals surface area (Å²) < 4.78 is 23.4. The van der Waals surface area contributed by atoms with Gasteiger partial charge in [-0.15, -0.1) is 11.3 Å². The van der Waals surface area contributed by atoms with Crippen LogP contribution in [0.25, 0.3) is 0 Å². The van der Waals surface area contributed by atoms with Crippen molar-refractivity contribution in [1.82, 2.24) is 9.97 Å². The zero-order valence-electron chi connectivity index (χ0n) is 12.7. The molecule has 22 heavy (non-hydrogen) atoms. The molecule has 1 N–H and O–H groups in total. The normalized spacial score (nSPS) is 15.5. The number of anilines is 1. The van der Waals surface area contributed by atoms with E-state index in [4.69, 9.17) is 0 Å². The number of hydrogen-bond donors (Lipinski definition) is 1. The minimum absolute atomic E-state index is 0.401. The molecule has 5 nitrogen and oxygen atoms in total. The van der Waals surface area contributed by atoms with Gasteiger partial charge in [0.25, 0.3) is 0 Å². The van der Waals surface area contributed by atoms with Crippen LogP contribution in [0.4, 0.5) is 5.82 Å². The molecule has 118 valence electrons. The van der Waals surface area contributed by atoms with Crippen LogP contribution in [0, 0.1) is 6.92 Å². The molecule has 0 saturated heterocycles. The summed E-state index contributed by atoms with van der Waals surface area (Å²) in [7, 11) is -3.12. The average Bonchev–Trinajstić information content (AvgIpc) is 2.82. The Morgan fingerprint density at radius 3 is 2.68 bits per heavy atom. The van der Waals surface area contributed by atoms with Crippen molar-refractivity contribution in [3.8, 4) is 0 Å². The molecule has 1 aliphatic carbocycles. The van der Waals surface area contributed by atoms with E-state index in [1.807, 2.05) is 19.1 Å². The molecule has 0 spiro atoms. The Labute approximate surface area is 134 Å². The van der Waals surface area contributed by atoms with Gasteiger partial charge in [0.05, 0.1) is 6.54 Å². The summed E-state index contributed by atoms with van der Waals surface area (Å²) in [5, 5.41) is 3.27. The SMILES string of the molecule is Cc1cc(NCc2ccc(S(C)(=O)=O)s2)nc(C2CCC2)n1. The average molecular weight is 337 g/mol. The van der Waals surface area contributed by atoms with Crippen LogP contribution < -0.4 is 5.32 Å². The van der Waals surface area contributed by atoms with E-state index in [1.54, 1.807) is 6.07 Å². The van der Waals surface area contributed by atoms with Gasteiger partial charge in [-0.25, -0.2) is 18.4 Å². The van der Waals surface area contributed by atoms with Crippen LogP contribution in [-0.4, -0.2) is 24.6 Å². The number of sulfone groups is 1. The van der Waals surface area contributed by atoms with Gasteiger partial charge in [-0.2, -0.15) is 0 Å². The lowest BCUT2D eigenvalue weighted by molar-refractivity contribution is 0.401. The third kappa shape index (κ3) is 3.47. The Bertz CT molecular complexity index is 780. The number of thiophene rings is 1. The monoisotopic (exact) mass is 337 g/mol. The molecule has 1 saturated carbocycles. The van der Waals surface area contributed by atoms with E-state index in [2.05, 4.69) is 15.3 Å². The molecule has 0 aliphatic heterocycles. The van der Waals surface area contributed by atoms with Crippen molar-refractivity contribution >= 4 is 27.0 Å². The Hall–Kier alpha value is -1.47. The van der Waals surface area contributed by atoms with E-state index in [0.29, 0.717) is 16.7 Å². The maximum Gasteiger partial charge on any atom is 0.184 e. The first-order chi connectivity index (χ1) is 10.4. The standard InChI is InChI=1S/C15H19N3O2S2/c1-10-8-13(18-15(17-10)11-4-3-5-11)16-9-12-6-7-14(21-12)22(2,19)20/h6-8,11H,3-5,9H2,1-2H3,(H,16,17,18). The molecule has 3 rings (SSSR count). The largest absolute Gasteiger partial charge is 0.365 e. The van der Waals surface area contributed by atoms with Gasteiger partial charge >= 0.3 is 0 Å². The fourth-order valence-corrected chi connectivity index (χ4v) is 4.28. The zero-order chi connectivity index (χ0) is 15.7. The van der Waals surface area contributed by atoms with Gasteiger partial charge < -0.3 is 5.32 Å². The molecule has 2 aromatic rings. The fraction of sp³-hybridized carbons (Fsp3) is 0.467.